The molecule has 1 heterocycles. The normalized spacial score (nSPS) is 12.1. The van der Waals surface area contributed by atoms with Crippen molar-refractivity contribution in [3.63, 3.8) is 0 Å². The predicted molar refractivity (Wildman–Crippen MR) is 124 cm³/mol. The highest BCUT2D eigenvalue weighted by Crippen LogP contribution is 2.37. The average molecular weight is 432 g/mol. The second-order valence-electron chi connectivity index (χ2n) is 8.60. The summed E-state index contributed by atoms with van der Waals surface area (Å²) in [5.74, 6) is 0.173. The molecule has 158 valence electrons. The molecule has 4 rings (SSSR count). The van der Waals surface area contributed by atoms with Crippen molar-refractivity contribution >= 4 is 18.7 Å². The summed E-state index contributed by atoms with van der Waals surface area (Å²) in [7, 11) is -2.64. The number of oxazole rings is 1. The van der Waals surface area contributed by atoms with Gasteiger partial charge in [0.15, 0.2) is 0 Å². The number of benzene rings is 3. The molecule has 3 aromatic carbocycles. The minimum absolute atomic E-state index is 0.112. The first-order chi connectivity index (χ1) is 14.9. The van der Waals surface area contributed by atoms with E-state index in [-0.39, 0.29) is 10.9 Å². The summed E-state index contributed by atoms with van der Waals surface area (Å²) in [6.07, 6.45) is 1.62. The molecule has 0 fully saturated rings. The van der Waals surface area contributed by atoms with Crippen LogP contribution in [0.15, 0.2) is 95.6 Å². The lowest BCUT2D eigenvalue weighted by atomic mass is 10.2. The average Bonchev–Trinajstić information content (AvgIpc) is 3.24. The van der Waals surface area contributed by atoms with Crippen LogP contribution in [0.3, 0.4) is 0 Å². The zero-order chi connectivity index (χ0) is 21.9. The van der Waals surface area contributed by atoms with Crippen LogP contribution in [0.1, 0.15) is 26.5 Å². The SMILES string of the molecule is CC(C)(C)[Si](OCc1coc(-c2ccc(F)cc2)n1)(c1ccccc1)c1ccccc1. The first-order valence-electron chi connectivity index (χ1n) is 10.4. The van der Waals surface area contributed by atoms with E-state index < -0.39 is 8.32 Å². The van der Waals surface area contributed by atoms with Gasteiger partial charge in [-0.1, -0.05) is 81.4 Å². The molecule has 4 aromatic rings. The van der Waals surface area contributed by atoms with E-state index in [1.165, 1.54) is 22.5 Å². The Morgan fingerprint density at radius 2 is 1.39 bits per heavy atom. The second kappa shape index (κ2) is 8.61. The Kier molecular flexibility index (Phi) is 5.89. The van der Waals surface area contributed by atoms with Crippen LogP contribution in [0, 0.1) is 5.82 Å². The Morgan fingerprint density at radius 3 is 1.90 bits per heavy atom. The van der Waals surface area contributed by atoms with E-state index in [0.717, 1.165) is 5.56 Å². The van der Waals surface area contributed by atoms with Crippen LogP contribution in [-0.2, 0) is 11.0 Å². The molecule has 0 saturated heterocycles. The van der Waals surface area contributed by atoms with Crippen molar-refractivity contribution in [2.45, 2.75) is 32.4 Å². The quantitative estimate of drug-likeness (QED) is 0.375. The molecule has 0 aliphatic rings. The molecular weight excluding hydrogens is 405 g/mol. The molecule has 0 aliphatic carbocycles. The van der Waals surface area contributed by atoms with Crippen molar-refractivity contribution < 1.29 is 13.2 Å². The number of hydrogen-bond donors (Lipinski definition) is 0. The summed E-state index contributed by atoms with van der Waals surface area (Å²) in [6, 6.07) is 27.1. The van der Waals surface area contributed by atoms with Crippen LogP contribution in [0.5, 0.6) is 0 Å². The Balaban J connectivity index is 1.70. The largest absolute Gasteiger partial charge is 0.444 e. The lowest BCUT2D eigenvalue weighted by Gasteiger charge is -2.42. The molecular formula is C26H26FNO2Si. The molecule has 0 bridgehead atoms. The highest BCUT2D eigenvalue weighted by Gasteiger charge is 2.50. The first kappa shape index (κ1) is 21.2. The van der Waals surface area contributed by atoms with Gasteiger partial charge in [0, 0.05) is 5.56 Å². The smallest absolute Gasteiger partial charge is 0.261 e. The van der Waals surface area contributed by atoms with Crippen molar-refractivity contribution in [3.05, 3.63) is 103 Å². The van der Waals surface area contributed by atoms with E-state index in [1.807, 2.05) is 12.1 Å². The van der Waals surface area contributed by atoms with E-state index in [2.05, 4.69) is 74.3 Å². The highest BCUT2D eigenvalue weighted by atomic mass is 28.4. The van der Waals surface area contributed by atoms with E-state index in [1.54, 1.807) is 18.4 Å². The summed E-state index contributed by atoms with van der Waals surface area (Å²) >= 11 is 0. The van der Waals surface area contributed by atoms with Crippen molar-refractivity contribution in [2.75, 3.05) is 0 Å². The number of hydrogen-bond acceptors (Lipinski definition) is 3. The molecule has 3 nitrogen and oxygen atoms in total. The van der Waals surface area contributed by atoms with Gasteiger partial charge < -0.3 is 8.84 Å². The summed E-state index contributed by atoms with van der Waals surface area (Å²) in [4.78, 5) is 4.59. The third-order valence-electron chi connectivity index (χ3n) is 5.50. The Bertz CT molecular complexity index is 1080. The van der Waals surface area contributed by atoms with Crippen molar-refractivity contribution in [1.29, 1.82) is 0 Å². The minimum atomic E-state index is -2.64. The molecule has 0 saturated carbocycles. The van der Waals surface area contributed by atoms with Gasteiger partial charge in [0.25, 0.3) is 8.32 Å². The molecule has 0 N–H and O–H groups in total. The molecule has 0 aliphatic heterocycles. The highest BCUT2D eigenvalue weighted by molar-refractivity contribution is 6.99. The summed E-state index contributed by atoms with van der Waals surface area (Å²) < 4.78 is 25.8. The third-order valence-corrected chi connectivity index (χ3v) is 10.5. The first-order valence-corrected chi connectivity index (χ1v) is 12.3. The maximum absolute atomic E-state index is 13.2. The third kappa shape index (κ3) is 4.24. The molecule has 1 aromatic heterocycles. The van der Waals surface area contributed by atoms with Crippen LogP contribution in [0.2, 0.25) is 5.04 Å². The summed E-state index contributed by atoms with van der Waals surface area (Å²) in [5.41, 5.74) is 1.45. The zero-order valence-corrected chi connectivity index (χ0v) is 19.0. The fraction of sp³-hybridized carbons (Fsp3) is 0.192. The number of aromatic nitrogens is 1. The monoisotopic (exact) mass is 431 g/mol. The van der Waals surface area contributed by atoms with Crippen molar-refractivity contribution in [3.8, 4) is 11.5 Å². The predicted octanol–water partition coefficient (Wildman–Crippen LogP) is 5.56. The Labute approximate surface area is 183 Å². The van der Waals surface area contributed by atoms with Crippen LogP contribution < -0.4 is 10.4 Å². The van der Waals surface area contributed by atoms with Crippen molar-refractivity contribution in [2.24, 2.45) is 0 Å². The van der Waals surface area contributed by atoms with Gasteiger partial charge in [0.2, 0.25) is 5.89 Å². The van der Waals surface area contributed by atoms with E-state index in [0.29, 0.717) is 18.2 Å². The van der Waals surface area contributed by atoms with Gasteiger partial charge in [0.05, 0.1) is 6.61 Å². The standard InChI is InChI=1S/C26H26FNO2Si/c1-26(2,3)31(23-10-6-4-7-11-23,24-12-8-5-9-13-24)30-19-22-18-29-25(28-22)20-14-16-21(27)17-15-20/h4-18H,19H2,1-3H3. The zero-order valence-electron chi connectivity index (χ0n) is 18.0. The maximum Gasteiger partial charge on any atom is 0.261 e. The fourth-order valence-electron chi connectivity index (χ4n) is 4.04. The van der Waals surface area contributed by atoms with Gasteiger partial charge in [-0.25, -0.2) is 9.37 Å². The van der Waals surface area contributed by atoms with Gasteiger partial charge in [-0.3, -0.25) is 0 Å². The van der Waals surface area contributed by atoms with Crippen LogP contribution >= 0.6 is 0 Å². The van der Waals surface area contributed by atoms with Gasteiger partial charge in [0.1, 0.15) is 17.8 Å². The molecule has 5 heteroatoms. The van der Waals surface area contributed by atoms with Crippen LogP contribution in [-0.4, -0.2) is 13.3 Å². The molecule has 0 spiro atoms. The lowest BCUT2D eigenvalue weighted by Crippen LogP contribution is -2.66. The number of rotatable bonds is 6. The van der Waals surface area contributed by atoms with E-state index in [9.17, 15) is 4.39 Å². The minimum Gasteiger partial charge on any atom is -0.444 e. The van der Waals surface area contributed by atoms with Gasteiger partial charge >= 0.3 is 0 Å². The van der Waals surface area contributed by atoms with Crippen molar-refractivity contribution in [1.82, 2.24) is 4.98 Å². The molecule has 0 atom stereocenters. The lowest BCUT2D eigenvalue weighted by molar-refractivity contribution is 0.281. The van der Waals surface area contributed by atoms with E-state index >= 15 is 0 Å². The Morgan fingerprint density at radius 1 is 0.839 bits per heavy atom. The van der Waals surface area contributed by atoms with Gasteiger partial charge in [-0.2, -0.15) is 0 Å². The molecule has 31 heavy (non-hydrogen) atoms. The van der Waals surface area contributed by atoms with Crippen LogP contribution in [0.25, 0.3) is 11.5 Å². The second-order valence-corrected chi connectivity index (χ2v) is 12.9. The number of halogens is 1. The number of nitrogens with zero attached hydrogens (tertiary/aromatic N) is 1. The van der Waals surface area contributed by atoms with E-state index in [4.69, 9.17) is 8.84 Å². The topological polar surface area (TPSA) is 35.3 Å². The summed E-state index contributed by atoms with van der Waals surface area (Å²) in [6.45, 7) is 7.06. The fourth-order valence-corrected chi connectivity index (χ4v) is 8.56. The van der Waals surface area contributed by atoms with Crippen LogP contribution in [0.4, 0.5) is 4.39 Å². The Hall–Kier alpha value is -3.02. The molecule has 0 unspecified atom stereocenters. The van der Waals surface area contributed by atoms with Gasteiger partial charge in [-0.15, -0.1) is 0 Å². The summed E-state index contributed by atoms with van der Waals surface area (Å²) in [5, 5.41) is 2.33. The maximum atomic E-state index is 13.2. The molecule has 0 radical (unpaired) electrons. The van der Waals surface area contributed by atoms with Gasteiger partial charge in [-0.05, 0) is 39.7 Å². The molecule has 0 amide bonds.